The van der Waals surface area contributed by atoms with Crippen molar-refractivity contribution in [2.45, 2.75) is 6.61 Å². The van der Waals surface area contributed by atoms with Crippen LogP contribution in [0.4, 0.5) is 5.69 Å². The third-order valence-corrected chi connectivity index (χ3v) is 2.35. The Balaban J connectivity index is 2.39. The summed E-state index contributed by atoms with van der Waals surface area (Å²) in [4.78, 5) is 4.13. The fourth-order valence-electron chi connectivity index (χ4n) is 1.27. The van der Waals surface area contributed by atoms with Crippen LogP contribution in [0.1, 0.15) is 5.82 Å². The maximum absolute atomic E-state index is 5.89. The van der Waals surface area contributed by atoms with Gasteiger partial charge in [0, 0.05) is 7.11 Å². The number of nitrogens with two attached hydrogens (primary N) is 1. The summed E-state index contributed by atoms with van der Waals surface area (Å²) in [5.41, 5.74) is 6.86. The summed E-state index contributed by atoms with van der Waals surface area (Å²) >= 11 is 5.89. The molecule has 0 aliphatic heterocycles. The molecule has 1 aromatic carbocycles. The van der Waals surface area contributed by atoms with Crippen LogP contribution < -0.4 is 5.73 Å². The minimum atomic E-state index is 0.296. The molecule has 0 bridgehead atoms. The van der Waals surface area contributed by atoms with E-state index in [2.05, 4.69) is 10.1 Å². The second kappa shape index (κ2) is 4.51. The third kappa shape index (κ3) is 2.00. The van der Waals surface area contributed by atoms with E-state index in [4.69, 9.17) is 26.6 Å². The van der Waals surface area contributed by atoms with Crippen LogP contribution in [0.3, 0.4) is 0 Å². The van der Waals surface area contributed by atoms with Gasteiger partial charge in [-0.3, -0.25) is 0 Å². The molecule has 2 N–H and O–H groups in total. The summed E-state index contributed by atoms with van der Waals surface area (Å²) in [6.45, 7) is 0.296. The maximum atomic E-state index is 5.89. The molecule has 0 atom stereocenters. The first kappa shape index (κ1) is 10.9. The standard InChI is InChI=1S/C10H10ClN3O2/c1-15-5-8-13-10(16-14-8)6-3-2-4-7(11)9(6)12/h2-4H,5,12H2,1H3. The number of halogens is 1. The number of rotatable bonds is 3. The van der Waals surface area contributed by atoms with Gasteiger partial charge in [-0.25, -0.2) is 0 Å². The number of methoxy groups -OCH3 is 1. The Morgan fingerprint density at radius 1 is 1.50 bits per heavy atom. The molecule has 5 nitrogen and oxygen atoms in total. The number of aromatic nitrogens is 2. The summed E-state index contributed by atoms with van der Waals surface area (Å²) in [6, 6.07) is 5.24. The summed E-state index contributed by atoms with van der Waals surface area (Å²) in [5.74, 6) is 0.809. The van der Waals surface area contributed by atoms with Gasteiger partial charge >= 0.3 is 0 Å². The molecule has 2 rings (SSSR count). The van der Waals surface area contributed by atoms with E-state index in [1.54, 1.807) is 25.3 Å². The van der Waals surface area contributed by atoms with E-state index in [0.717, 1.165) is 0 Å². The quantitative estimate of drug-likeness (QED) is 0.831. The fraction of sp³-hybridized carbons (Fsp3) is 0.200. The molecule has 0 saturated carbocycles. The molecule has 0 aliphatic carbocycles. The lowest BCUT2D eigenvalue weighted by Gasteiger charge is -2.01. The molecule has 6 heteroatoms. The predicted molar refractivity (Wildman–Crippen MR) is 59.9 cm³/mol. The van der Waals surface area contributed by atoms with Gasteiger partial charge in [0.25, 0.3) is 5.89 Å². The predicted octanol–water partition coefficient (Wildman–Crippen LogP) is 2.12. The number of nitrogen functional groups attached to an aromatic ring is 1. The highest BCUT2D eigenvalue weighted by Crippen LogP contribution is 2.30. The molecule has 0 aliphatic rings. The second-order valence-corrected chi connectivity index (χ2v) is 3.56. The molecular formula is C10H10ClN3O2. The van der Waals surface area contributed by atoms with Crippen LogP contribution in [0.15, 0.2) is 22.7 Å². The number of nitrogens with zero attached hydrogens (tertiary/aromatic N) is 2. The highest BCUT2D eigenvalue weighted by molar-refractivity contribution is 6.33. The van der Waals surface area contributed by atoms with Gasteiger partial charge in [-0.05, 0) is 12.1 Å². The van der Waals surface area contributed by atoms with E-state index in [9.17, 15) is 0 Å². The van der Waals surface area contributed by atoms with E-state index in [0.29, 0.717) is 34.6 Å². The highest BCUT2D eigenvalue weighted by atomic mass is 35.5. The largest absolute Gasteiger partial charge is 0.397 e. The average molecular weight is 240 g/mol. The van der Waals surface area contributed by atoms with E-state index in [1.807, 2.05) is 0 Å². The molecule has 1 heterocycles. The Bertz CT molecular complexity index is 499. The van der Waals surface area contributed by atoms with Crippen molar-refractivity contribution in [3.05, 3.63) is 29.0 Å². The molecule has 2 aromatic rings. The zero-order valence-corrected chi connectivity index (χ0v) is 9.36. The van der Waals surface area contributed by atoms with Crippen LogP contribution >= 0.6 is 11.6 Å². The lowest BCUT2D eigenvalue weighted by molar-refractivity contribution is 0.174. The van der Waals surface area contributed by atoms with Gasteiger partial charge in [-0.2, -0.15) is 4.98 Å². The summed E-state index contributed by atoms with van der Waals surface area (Å²) in [7, 11) is 1.56. The zero-order chi connectivity index (χ0) is 11.5. The van der Waals surface area contributed by atoms with E-state index >= 15 is 0 Å². The van der Waals surface area contributed by atoms with Crippen LogP contribution in [-0.2, 0) is 11.3 Å². The van der Waals surface area contributed by atoms with Gasteiger partial charge in [0.15, 0.2) is 5.82 Å². The second-order valence-electron chi connectivity index (χ2n) is 3.15. The average Bonchev–Trinajstić information content (AvgIpc) is 2.71. The maximum Gasteiger partial charge on any atom is 0.260 e. The Kier molecular flexibility index (Phi) is 3.07. The van der Waals surface area contributed by atoms with Crippen molar-refractivity contribution in [3.8, 4) is 11.5 Å². The lowest BCUT2D eigenvalue weighted by atomic mass is 10.2. The molecule has 0 spiro atoms. The van der Waals surface area contributed by atoms with Gasteiger partial charge in [0.2, 0.25) is 0 Å². The van der Waals surface area contributed by atoms with Gasteiger partial charge in [0.05, 0.1) is 16.3 Å². The first-order valence-electron chi connectivity index (χ1n) is 4.58. The fourth-order valence-corrected chi connectivity index (χ4v) is 1.45. The minimum Gasteiger partial charge on any atom is -0.397 e. The number of para-hydroxylation sites is 1. The van der Waals surface area contributed by atoms with Gasteiger partial charge in [-0.1, -0.05) is 22.8 Å². The molecule has 0 fully saturated rings. The van der Waals surface area contributed by atoms with E-state index in [1.165, 1.54) is 0 Å². The van der Waals surface area contributed by atoms with Crippen LogP contribution in [0, 0.1) is 0 Å². The van der Waals surface area contributed by atoms with Crippen molar-refractivity contribution >= 4 is 17.3 Å². The molecule has 84 valence electrons. The summed E-state index contributed by atoms with van der Waals surface area (Å²) < 4.78 is 9.95. The Labute approximate surface area is 97.2 Å². The summed E-state index contributed by atoms with van der Waals surface area (Å²) in [6.07, 6.45) is 0. The van der Waals surface area contributed by atoms with Gasteiger partial charge in [-0.15, -0.1) is 0 Å². The lowest BCUT2D eigenvalue weighted by Crippen LogP contribution is -1.92. The SMILES string of the molecule is COCc1noc(-c2cccc(Cl)c2N)n1. The first-order valence-corrected chi connectivity index (χ1v) is 4.96. The van der Waals surface area contributed by atoms with Crippen LogP contribution in [0.5, 0.6) is 0 Å². The van der Waals surface area contributed by atoms with Crippen molar-refractivity contribution in [1.82, 2.24) is 10.1 Å². The minimum absolute atomic E-state index is 0.296. The molecule has 0 unspecified atom stereocenters. The van der Waals surface area contributed by atoms with Crippen molar-refractivity contribution in [2.24, 2.45) is 0 Å². The Morgan fingerprint density at radius 3 is 3.06 bits per heavy atom. The Hall–Kier alpha value is -1.59. The monoisotopic (exact) mass is 239 g/mol. The van der Waals surface area contributed by atoms with Crippen LogP contribution in [0.25, 0.3) is 11.5 Å². The zero-order valence-electron chi connectivity index (χ0n) is 8.61. The molecular weight excluding hydrogens is 230 g/mol. The smallest absolute Gasteiger partial charge is 0.260 e. The van der Waals surface area contributed by atoms with Crippen molar-refractivity contribution in [3.63, 3.8) is 0 Å². The molecule has 0 amide bonds. The topological polar surface area (TPSA) is 74.2 Å². The third-order valence-electron chi connectivity index (χ3n) is 2.02. The van der Waals surface area contributed by atoms with Gasteiger partial charge < -0.3 is 15.0 Å². The first-order chi connectivity index (χ1) is 7.72. The van der Waals surface area contributed by atoms with Crippen LogP contribution in [0.2, 0.25) is 5.02 Å². The van der Waals surface area contributed by atoms with Crippen molar-refractivity contribution in [2.75, 3.05) is 12.8 Å². The van der Waals surface area contributed by atoms with Crippen molar-refractivity contribution in [1.29, 1.82) is 0 Å². The number of hydrogen-bond donors (Lipinski definition) is 1. The Morgan fingerprint density at radius 2 is 2.31 bits per heavy atom. The number of benzene rings is 1. The van der Waals surface area contributed by atoms with Gasteiger partial charge in [0.1, 0.15) is 6.61 Å². The molecule has 0 saturated heterocycles. The molecule has 1 aromatic heterocycles. The van der Waals surface area contributed by atoms with Crippen LogP contribution in [-0.4, -0.2) is 17.3 Å². The number of hydrogen-bond acceptors (Lipinski definition) is 5. The highest BCUT2D eigenvalue weighted by Gasteiger charge is 2.12. The normalized spacial score (nSPS) is 10.6. The van der Waals surface area contributed by atoms with E-state index < -0.39 is 0 Å². The van der Waals surface area contributed by atoms with Crippen molar-refractivity contribution < 1.29 is 9.26 Å². The molecule has 0 radical (unpaired) electrons. The van der Waals surface area contributed by atoms with E-state index in [-0.39, 0.29) is 0 Å². The summed E-state index contributed by atoms with van der Waals surface area (Å²) in [5, 5.41) is 4.21. The molecule has 16 heavy (non-hydrogen) atoms. The number of anilines is 1. The number of ether oxygens (including phenoxy) is 1.